The first-order chi connectivity index (χ1) is 14.3. The van der Waals surface area contributed by atoms with Crippen molar-refractivity contribution in [1.82, 2.24) is 10.2 Å². The number of carbonyl (C=O) groups is 1. The Morgan fingerprint density at radius 2 is 1.70 bits per heavy atom. The van der Waals surface area contributed by atoms with E-state index in [2.05, 4.69) is 5.32 Å². The Balaban J connectivity index is 1.83. The molecule has 0 aromatic heterocycles. The molecule has 2 unspecified atom stereocenters. The zero-order chi connectivity index (χ0) is 21.7. The molecule has 0 spiro atoms. The number of benzene rings is 2. The molecule has 2 aromatic carbocycles. The van der Waals surface area contributed by atoms with Gasteiger partial charge in [0.1, 0.15) is 17.5 Å². The van der Waals surface area contributed by atoms with Gasteiger partial charge >= 0.3 is 0 Å². The van der Waals surface area contributed by atoms with Crippen LogP contribution in [0.15, 0.2) is 48.5 Å². The van der Waals surface area contributed by atoms with Crippen molar-refractivity contribution >= 4 is 15.7 Å². The quantitative estimate of drug-likeness (QED) is 0.723. The van der Waals surface area contributed by atoms with E-state index < -0.39 is 15.9 Å². The van der Waals surface area contributed by atoms with E-state index in [0.29, 0.717) is 24.6 Å². The van der Waals surface area contributed by atoms with E-state index in [4.69, 9.17) is 9.47 Å². The minimum absolute atomic E-state index is 0.0610. The van der Waals surface area contributed by atoms with Crippen LogP contribution in [0.4, 0.5) is 0 Å². The lowest BCUT2D eigenvalue weighted by molar-refractivity contribution is -0.127. The predicted molar refractivity (Wildman–Crippen MR) is 116 cm³/mol. The maximum atomic E-state index is 13.3. The van der Waals surface area contributed by atoms with Gasteiger partial charge in [-0.3, -0.25) is 9.69 Å². The molecule has 162 valence electrons. The highest BCUT2D eigenvalue weighted by Gasteiger charge is 2.33. The minimum Gasteiger partial charge on any atom is -0.497 e. The second-order valence-corrected chi connectivity index (χ2v) is 9.64. The molecule has 0 aliphatic carbocycles. The fourth-order valence-electron chi connectivity index (χ4n) is 3.69. The number of hydrogen-bond donors (Lipinski definition) is 1. The number of nitrogens with zero attached hydrogens (tertiary/aromatic N) is 1. The molecule has 1 aliphatic rings. The lowest BCUT2D eigenvalue weighted by Gasteiger charge is -2.34. The van der Waals surface area contributed by atoms with Gasteiger partial charge < -0.3 is 14.8 Å². The summed E-state index contributed by atoms with van der Waals surface area (Å²) in [5, 5.41) is 3.07. The molecule has 30 heavy (non-hydrogen) atoms. The molecule has 0 radical (unpaired) electrons. The number of carbonyl (C=O) groups excluding carboxylic acids is 1. The number of nitrogens with one attached hydrogen (secondary N) is 1. The van der Waals surface area contributed by atoms with Crippen molar-refractivity contribution in [2.24, 2.45) is 0 Å². The summed E-state index contributed by atoms with van der Waals surface area (Å²) in [5.74, 6) is 1.25. The highest BCUT2D eigenvalue weighted by molar-refractivity contribution is 7.91. The number of hydrogen-bond acceptors (Lipinski definition) is 6. The summed E-state index contributed by atoms with van der Waals surface area (Å²) in [6, 6.07) is 14.0. The summed E-state index contributed by atoms with van der Waals surface area (Å²) in [7, 11) is 0.123. The van der Waals surface area contributed by atoms with Gasteiger partial charge in [-0.15, -0.1) is 0 Å². The lowest BCUT2D eigenvalue weighted by Crippen LogP contribution is -2.48. The molecule has 1 amide bonds. The number of methoxy groups -OCH3 is 2. The van der Waals surface area contributed by atoms with Crippen molar-refractivity contribution in [2.45, 2.75) is 19.0 Å². The predicted octanol–water partition coefficient (Wildman–Crippen LogP) is 2.35. The van der Waals surface area contributed by atoms with Gasteiger partial charge in [0.15, 0.2) is 9.84 Å². The molecular formula is C22H28N2O5S. The van der Waals surface area contributed by atoms with Crippen LogP contribution in [0, 0.1) is 0 Å². The Morgan fingerprint density at radius 1 is 1.03 bits per heavy atom. The van der Waals surface area contributed by atoms with E-state index in [1.165, 1.54) is 0 Å². The van der Waals surface area contributed by atoms with Crippen LogP contribution >= 0.6 is 0 Å². The third kappa shape index (κ3) is 5.12. The van der Waals surface area contributed by atoms with E-state index >= 15 is 0 Å². The summed E-state index contributed by atoms with van der Waals surface area (Å²) >= 11 is 0. The van der Waals surface area contributed by atoms with Crippen molar-refractivity contribution < 1.29 is 22.7 Å². The molecule has 2 atom stereocenters. The Bertz CT molecular complexity index is 964. The number of rotatable bonds is 7. The Morgan fingerprint density at radius 3 is 2.30 bits per heavy atom. The SMILES string of the molecule is COc1ccc(C(C)NC(=O)C(c2ccccc2)N2CCS(=O)(=O)CC2)c(OC)c1. The monoisotopic (exact) mass is 432 g/mol. The van der Waals surface area contributed by atoms with Crippen LogP contribution < -0.4 is 14.8 Å². The van der Waals surface area contributed by atoms with Crippen molar-refractivity contribution in [2.75, 3.05) is 38.8 Å². The Hall–Kier alpha value is -2.58. The molecule has 1 heterocycles. The van der Waals surface area contributed by atoms with Crippen LogP contribution in [-0.2, 0) is 14.6 Å². The molecule has 3 rings (SSSR count). The third-order valence-electron chi connectivity index (χ3n) is 5.37. The minimum atomic E-state index is -3.04. The van der Waals surface area contributed by atoms with Gasteiger partial charge in [-0.05, 0) is 24.6 Å². The Kier molecular flexibility index (Phi) is 6.99. The maximum absolute atomic E-state index is 13.3. The van der Waals surface area contributed by atoms with E-state index in [0.717, 1.165) is 11.1 Å². The van der Waals surface area contributed by atoms with E-state index in [1.807, 2.05) is 54.3 Å². The van der Waals surface area contributed by atoms with Gasteiger partial charge in [-0.1, -0.05) is 30.3 Å². The van der Waals surface area contributed by atoms with Crippen molar-refractivity contribution in [3.63, 3.8) is 0 Å². The molecule has 2 aromatic rings. The number of amides is 1. The highest BCUT2D eigenvalue weighted by atomic mass is 32.2. The fourth-order valence-corrected chi connectivity index (χ4v) is 4.92. The van der Waals surface area contributed by atoms with Crippen LogP contribution in [0.25, 0.3) is 0 Å². The molecule has 1 saturated heterocycles. The van der Waals surface area contributed by atoms with Gasteiger partial charge in [0.05, 0.1) is 31.8 Å². The lowest BCUT2D eigenvalue weighted by atomic mass is 10.0. The smallest absolute Gasteiger partial charge is 0.242 e. The average Bonchev–Trinajstić information content (AvgIpc) is 2.75. The summed E-state index contributed by atoms with van der Waals surface area (Å²) in [6.07, 6.45) is 0. The molecule has 7 nitrogen and oxygen atoms in total. The topological polar surface area (TPSA) is 84.9 Å². The number of sulfone groups is 1. The zero-order valence-electron chi connectivity index (χ0n) is 17.5. The van der Waals surface area contributed by atoms with Crippen LogP contribution in [-0.4, -0.2) is 58.0 Å². The molecule has 0 bridgehead atoms. The molecule has 8 heteroatoms. The average molecular weight is 433 g/mol. The molecule has 1 N–H and O–H groups in total. The molecule has 1 aliphatic heterocycles. The molecule has 1 fully saturated rings. The second kappa shape index (κ2) is 9.49. The van der Waals surface area contributed by atoms with E-state index in [9.17, 15) is 13.2 Å². The van der Waals surface area contributed by atoms with Gasteiger partial charge in [0.25, 0.3) is 0 Å². The third-order valence-corrected chi connectivity index (χ3v) is 6.98. The standard InChI is InChI=1S/C22H28N2O5S/c1-16(19-10-9-18(28-2)15-20(19)29-3)23-22(25)21(17-7-5-4-6-8-17)24-11-13-30(26,27)14-12-24/h4-10,15-16,21H,11-14H2,1-3H3,(H,23,25). The first-order valence-corrected chi connectivity index (χ1v) is 11.7. The fraction of sp³-hybridized carbons (Fsp3) is 0.409. The molecular weight excluding hydrogens is 404 g/mol. The van der Waals surface area contributed by atoms with Gasteiger partial charge in [0.2, 0.25) is 5.91 Å². The van der Waals surface area contributed by atoms with Crippen molar-refractivity contribution in [3.8, 4) is 11.5 Å². The second-order valence-electron chi connectivity index (χ2n) is 7.34. The first kappa shape index (κ1) is 22.1. The largest absolute Gasteiger partial charge is 0.497 e. The maximum Gasteiger partial charge on any atom is 0.242 e. The van der Waals surface area contributed by atoms with Crippen LogP contribution in [0.2, 0.25) is 0 Å². The molecule has 0 saturated carbocycles. The van der Waals surface area contributed by atoms with Crippen LogP contribution in [0.3, 0.4) is 0 Å². The zero-order valence-corrected chi connectivity index (χ0v) is 18.3. The summed E-state index contributed by atoms with van der Waals surface area (Å²) in [4.78, 5) is 15.3. The summed E-state index contributed by atoms with van der Waals surface area (Å²) < 4.78 is 34.4. The van der Waals surface area contributed by atoms with Gasteiger partial charge in [-0.25, -0.2) is 8.42 Å². The van der Waals surface area contributed by atoms with Gasteiger partial charge in [0, 0.05) is 24.7 Å². The van der Waals surface area contributed by atoms with E-state index in [1.54, 1.807) is 20.3 Å². The summed E-state index contributed by atoms with van der Waals surface area (Å²) in [5.41, 5.74) is 1.67. The van der Waals surface area contributed by atoms with Crippen LogP contribution in [0.5, 0.6) is 11.5 Å². The first-order valence-electron chi connectivity index (χ1n) is 9.86. The van der Waals surface area contributed by atoms with E-state index in [-0.39, 0.29) is 23.5 Å². The van der Waals surface area contributed by atoms with Crippen LogP contribution in [0.1, 0.15) is 30.1 Å². The van der Waals surface area contributed by atoms with Gasteiger partial charge in [-0.2, -0.15) is 0 Å². The highest BCUT2D eigenvalue weighted by Crippen LogP contribution is 2.30. The number of ether oxygens (including phenoxy) is 2. The summed E-state index contributed by atoms with van der Waals surface area (Å²) in [6.45, 7) is 2.55. The Labute approximate surface area is 177 Å². The van der Waals surface area contributed by atoms with Crippen molar-refractivity contribution in [1.29, 1.82) is 0 Å². The normalized spacial score (nSPS) is 18.2. The van der Waals surface area contributed by atoms with Crippen molar-refractivity contribution in [3.05, 3.63) is 59.7 Å².